The maximum Gasteiger partial charge on any atom is 0.311 e. The SMILES string of the molecule is CCCCSC1=Nc2ccccc2NC(CC(=O)OC)=C1. The van der Waals surface area contributed by atoms with Crippen LogP contribution in [0.15, 0.2) is 41.0 Å². The molecule has 0 spiro atoms. The van der Waals surface area contributed by atoms with Crippen LogP contribution in [-0.2, 0) is 9.53 Å². The minimum Gasteiger partial charge on any atom is -0.469 e. The second-order valence-corrected chi connectivity index (χ2v) is 5.83. The molecule has 0 saturated carbocycles. The van der Waals surface area contributed by atoms with Gasteiger partial charge < -0.3 is 10.1 Å². The van der Waals surface area contributed by atoms with E-state index in [-0.39, 0.29) is 12.4 Å². The zero-order valence-electron chi connectivity index (χ0n) is 12.4. The largest absolute Gasteiger partial charge is 0.469 e. The predicted molar refractivity (Wildman–Crippen MR) is 89.2 cm³/mol. The van der Waals surface area contributed by atoms with E-state index in [2.05, 4.69) is 17.2 Å². The summed E-state index contributed by atoms with van der Waals surface area (Å²) in [5, 5.41) is 4.21. The number of benzene rings is 1. The van der Waals surface area contributed by atoms with Gasteiger partial charge in [0.2, 0.25) is 0 Å². The van der Waals surface area contributed by atoms with Crippen molar-refractivity contribution in [1.82, 2.24) is 0 Å². The van der Waals surface area contributed by atoms with Crippen LogP contribution >= 0.6 is 11.8 Å². The predicted octanol–water partition coefficient (Wildman–Crippen LogP) is 4.12. The topological polar surface area (TPSA) is 50.7 Å². The molecule has 0 fully saturated rings. The van der Waals surface area contributed by atoms with Crippen LogP contribution in [0.5, 0.6) is 0 Å². The molecule has 1 aliphatic heterocycles. The van der Waals surface area contributed by atoms with Crippen LogP contribution in [0.4, 0.5) is 11.4 Å². The third-order valence-electron chi connectivity index (χ3n) is 3.04. The standard InChI is InChI=1S/C16H20N2O2S/c1-3-4-9-21-15-10-12(11-16(19)20-2)17-13-7-5-6-8-14(13)18-15/h5-8,10,17H,3-4,9,11H2,1-2H3. The summed E-state index contributed by atoms with van der Waals surface area (Å²) in [6.07, 6.45) is 4.47. The molecule has 0 aromatic heterocycles. The molecule has 1 heterocycles. The van der Waals surface area contributed by atoms with Crippen molar-refractivity contribution in [2.75, 3.05) is 18.2 Å². The van der Waals surface area contributed by atoms with Crippen molar-refractivity contribution in [2.45, 2.75) is 26.2 Å². The van der Waals surface area contributed by atoms with Gasteiger partial charge in [0, 0.05) is 5.70 Å². The van der Waals surface area contributed by atoms with Gasteiger partial charge in [0.1, 0.15) is 0 Å². The van der Waals surface area contributed by atoms with Crippen molar-refractivity contribution >= 4 is 34.1 Å². The van der Waals surface area contributed by atoms with Crippen LogP contribution in [0.1, 0.15) is 26.2 Å². The third-order valence-corrected chi connectivity index (χ3v) is 4.04. The third kappa shape index (κ3) is 4.63. The van der Waals surface area contributed by atoms with Crippen molar-refractivity contribution in [3.05, 3.63) is 36.0 Å². The number of nitrogens with zero attached hydrogens (tertiary/aromatic N) is 1. The van der Waals surface area contributed by atoms with Gasteiger partial charge in [-0.15, -0.1) is 11.8 Å². The average molecular weight is 304 g/mol. The molecule has 0 amide bonds. The first-order chi connectivity index (χ1) is 10.2. The number of ether oxygens (including phenoxy) is 1. The Morgan fingerprint density at radius 2 is 2.19 bits per heavy atom. The van der Waals surface area contributed by atoms with Gasteiger partial charge >= 0.3 is 5.97 Å². The van der Waals surface area contributed by atoms with E-state index in [0.29, 0.717) is 0 Å². The first-order valence-corrected chi connectivity index (χ1v) is 8.06. The number of anilines is 1. The quantitative estimate of drug-likeness (QED) is 0.656. The minimum atomic E-state index is -0.258. The lowest BCUT2D eigenvalue weighted by atomic mass is 10.2. The van der Waals surface area contributed by atoms with Crippen molar-refractivity contribution < 1.29 is 9.53 Å². The number of hydrogen-bond acceptors (Lipinski definition) is 5. The number of esters is 1. The number of para-hydroxylation sites is 2. The Balaban J connectivity index is 2.23. The maximum atomic E-state index is 11.5. The number of fused-ring (bicyclic) bond motifs is 1. The number of thioether (sulfide) groups is 1. The average Bonchev–Trinajstić information content (AvgIpc) is 2.65. The molecule has 21 heavy (non-hydrogen) atoms. The zero-order valence-corrected chi connectivity index (χ0v) is 13.2. The summed E-state index contributed by atoms with van der Waals surface area (Å²) in [7, 11) is 1.40. The number of unbranched alkanes of at least 4 members (excludes halogenated alkanes) is 1. The van der Waals surface area contributed by atoms with E-state index in [1.807, 2.05) is 30.3 Å². The molecule has 1 aliphatic rings. The summed E-state index contributed by atoms with van der Waals surface area (Å²) in [5.74, 6) is 0.769. The Kier molecular flexibility index (Phi) is 5.87. The number of carbonyl (C=O) groups is 1. The van der Waals surface area contributed by atoms with Gasteiger partial charge in [-0.2, -0.15) is 0 Å². The normalized spacial score (nSPS) is 13.4. The lowest BCUT2D eigenvalue weighted by Gasteiger charge is -2.09. The molecule has 4 nitrogen and oxygen atoms in total. The van der Waals surface area contributed by atoms with Crippen LogP contribution in [0.2, 0.25) is 0 Å². The van der Waals surface area contributed by atoms with E-state index in [1.165, 1.54) is 7.11 Å². The van der Waals surface area contributed by atoms with Crippen LogP contribution < -0.4 is 5.32 Å². The highest BCUT2D eigenvalue weighted by atomic mass is 32.2. The number of aliphatic imine (C=N–C) groups is 1. The molecule has 0 bridgehead atoms. The summed E-state index contributed by atoms with van der Waals surface area (Å²) in [6.45, 7) is 2.17. The zero-order chi connectivity index (χ0) is 15.1. The van der Waals surface area contributed by atoms with Crippen LogP contribution in [-0.4, -0.2) is 23.9 Å². The van der Waals surface area contributed by atoms with Gasteiger partial charge in [-0.1, -0.05) is 25.5 Å². The maximum absolute atomic E-state index is 11.5. The van der Waals surface area contributed by atoms with Crippen molar-refractivity contribution in [3.63, 3.8) is 0 Å². The second kappa shape index (κ2) is 7.88. The Morgan fingerprint density at radius 1 is 1.38 bits per heavy atom. The molecular weight excluding hydrogens is 284 g/mol. The van der Waals surface area contributed by atoms with Gasteiger partial charge in [0.25, 0.3) is 0 Å². The number of nitrogens with one attached hydrogen (secondary N) is 1. The lowest BCUT2D eigenvalue weighted by Crippen LogP contribution is -2.08. The second-order valence-electron chi connectivity index (χ2n) is 4.72. The fourth-order valence-electron chi connectivity index (χ4n) is 1.90. The smallest absolute Gasteiger partial charge is 0.311 e. The summed E-state index contributed by atoms with van der Waals surface area (Å²) in [6, 6.07) is 7.84. The van der Waals surface area contributed by atoms with Crippen LogP contribution in [0.3, 0.4) is 0 Å². The molecule has 1 N–H and O–H groups in total. The van der Waals surface area contributed by atoms with Crippen molar-refractivity contribution in [3.8, 4) is 0 Å². The highest BCUT2D eigenvalue weighted by Gasteiger charge is 2.13. The van der Waals surface area contributed by atoms with Crippen molar-refractivity contribution in [2.24, 2.45) is 4.99 Å². The molecule has 0 unspecified atom stereocenters. The Labute approximate surface area is 129 Å². The molecule has 5 heteroatoms. The number of carbonyl (C=O) groups excluding carboxylic acids is 1. The molecule has 0 radical (unpaired) electrons. The van der Waals surface area contributed by atoms with Gasteiger partial charge in [0.05, 0.1) is 29.9 Å². The molecule has 112 valence electrons. The van der Waals surface area contributed by atoms with Gasteiger partial charge in [-0.25, -0.2) is 4.99 Å². The summed E-state index contributed by atoms with van der Waals surface area (Å²) < 4.78 is 4.75. The van der Waals surface area contributed by atoms with E-state index in [9.17, 15) is 4.79 Å². The highest BCUT2D eigenvalue weighted by molar-refractivity contribution is 8.14. The highest BCUT2D eigenvalue weighted by Crippen LogP contribution is 2.31. The minimum absolute atomic E-state index is 0.220. The van der Waals surface area contributed by atoms with Gasteiger partial charge in [0.15, 0.2) is 0 Å². The monoisotopic (exact) mass is 304 g/mol. The molecule has 0 aliphatic carbocycles. The summed E-state index contributed by atoms with van der Waals surface area (Å²) in [4.78, 5) is 16.2. The van der Waals surface area contributed by atoms with Gasteiger partial charge in [-0.05, 0) is 30.4 Å². The van der Waals surface area contributed by atoms with E-state index < -0.39 is 0 Å². The molecular formula is C16H20N2O2S. The van der Waals surface area contributed by atoms with E-state index in [1.54, 1.807) is 11.8 Å². The fourth-order valence-corrected chi connectivity index (χ4v) is 2.93. The van der Waals surface area contributed by atoms with E-state index in [0.717, 1.165) is 40.7 Å². The van der Waals surface area contributed by atoms with Gasteiger partial charge in [-0.3, -0.25) is 4.79 Å². The van der Waals surface area contributed by atoms with Crippen LogP contribution in [0, 0.1) is 0 Å². The van der Waals surface area contributed by atoms with Crippen LogP contribution in [0.25, 0.3) is 0 Å². The number of methoxy groups -OCH3 is 1. The molecule has 0 atom stereocenters. The number of rotatable bonds is 5. The first-order valence-electron chi connectivity index (χ1n) is 7.08. The molecule has 2 rings (SSSR count). The fraction of sp³-hybridized carbons (Fsp3) is 0.375. The summed E-state index contributed by atoms with van der Waals surface area (Å²) in [5.41, 5.74) is 2.63. The van der Waals surface area contributed by atoms with E-state index in [4.69, 9.17) is 4.74 Å². The molecule has 0 saturated heterocycles. The Hall–Kier alpha value is -1.75. The first kappa shape index (κ1) is 15.6. The van der Waals surface area contributed by atoms with Crippen molar-refractivity contribution in [1.29, 1.82) is 0 Å². The summed E-state index contributed by atoms with van der Waals surface area (Å²) >= 11 is 1.72. The Bertz CT molecular complexity index is 567. The van der Waals surface area contributed by atoms with E-state index >= 15 is 0 Å². The lowest BCUT2D eigenvalue weighted by molar-refractivity contribution is -0.139. The Morgan fingerprint density at radius 3 is 2.95 bits per heavy atom. The number of hydrogen-bond donors (Lipinski definition) is 1. The molecule has 1 aromatic rings. The molecule has 1 aromatic carbocycles.